The van der Waals surface area contributed by atoms with Crippen LogP contribution in [0, 0.1) is 17.8 Å². The summed E-state index contributed by atoms with van der Waals surface area (Å²) in [4.78, 5) is 41.3. The van der Waals surface area contributed by atoms with Gasteiger partial charge >= 0.3 is 5.97 Å². The SMILES string of the molecule is CC(C)CCOC(=O)c1ccc(N2C(=O)[C@@H]3C4c5ccccc5C(c5ccccc54)[C@@H]3C2=O)cc1. The van der Waals surface area contributed by atoms with Crippen molar-refractivity contribution >= 4 is 23.5 Å². The Kier molecular flexibility index (Phi) is 5.10. The molecule has 0 spiro atoms. The second kappa shape index (κ2) is 8.19. The van der Waals surface area contributed by atoms with Gasteiger partial charge in [0.05, 0.1) is 29.7 Å². The highest BCUT2D eigenvalue weighted by molar-refractivity contribution is 6.23. The first kappa shape index (κ1) is 21.8. The molecule has 4 aliphatic rings. The van der Waals surface area contributed by atoms with Crippen LogP contribution < -0.4 is 4.90 Å². The first-order valence-electron chi connectivity index (χ1n) is 12.3. The van der Waals surface area contributed by atoms with E-state index >= 15 is 0 Å². The maximum atomic E-state index is 13.8. The largest absolute Gasteiger partial charge is 0.462 e. The lowest BCUT2D eigenvalue weighted by atomic mass is 9.55. The number of ether oxygens (including phenoxy) is 1. The van der Waals surface area contributed by atoms with Crippen LogP contribution in [0.1, 0.15) is 64.7 Å². The Bertz CT molecular complexity index is 1230. The number of rotatable bonds is 5. The molecule has 1 heterocycles. The summed E-state index contributed by atoms with van der Waals surface area (Å²) in [6.45, 7) is 4.52. The molecule has 0 unspecified atom stereocenters. The van der Waals surface area contributed by atoms with Gasteiger partial charge in [0.25, 0.3) is 0 Å². The van der Waals surface area contributed by atoms with Crippen LogP contribution in [0.5, 0.6) is 0 Å². The van der Waals surface area contributed by atoms with Gasteiger partial charge in [0, 0.05) is 11.8 Å². The van der Waals surface area contributed by atoms with Crippen molar-refractivity contribution in [3.05, 3.63) is 101 Å². The van der Waals surface area contributed by atoms with Crippen molar-refractivity contribution in [3.63, 3.8) is 0 Å². The lowest BCUT2D eigenvalue weighted by molar-refractivity contribution is -0.122. The van der Waals surface area contributed by atoms with Crippen molar-refractivity contribution in [1.29, 1.82) is 0 Å². The first-order valence-corrected chi connectivity index (χ1v) is 12.3. The number of anilines is 1. The standard InChI is InChI=1S/C30H27NO4/c1-17(2)15-16-35-30(34)18-11-13-19(14-12-18)31-28(32)26-24-20-7-3-4-8-21(20)25(27(26)29(31)33)23-10-6-5-9-22(23)24/h3-14,17,24-27H,15-16H2,1-2H3/t24?,25?,26-,27+. The molecule has 0 radical (unpaired) electrons. The van der Waals surface area contributed by atoms with E-state index in [0.29, 0.717) is 23.8 Å². The smallest absolute Gasteiger partial charge is 0.338 e. The molecule has 2 amide bonds. The molecule has 1 saturated heterocycles. The lowest BCUT2D eigenvalue weighted by Crippen LogP contribution is -2.41. The number of hydrogen-bond acceptors (Lipinski definition) is 4. The van der Waals surface area contributed by atoms with E-state index < -0.39 is 17.8 Å². The van der Waals surface area contributed by atoms with Gasteiger partial charge in [-0.25, -0.2) is 9.69 Å². The molecule has 176 valence electrons. The van der Waals surface area contributed by atoms with E-state index in [0.717, 1.165) is 28.7 Å². The number of nitrogens with zero attached hydrogens (tertiary/aromatic N) is 1. The quantitative estimate of drug-likeness (QED) is 0.380. The van der Waals surface area contributed by atoms with E-state index in [4.69, 9.17) is 4.74 Å². The minimum atomic E-state index is -0.419. The summed E-state index contributed by atoms with van der Waals surface area (Å²) >= 11 is 0. The molecule has 0 saturated carbocycles. The first-order chi connectivity index (χ1) is 17.0. The average molecular weight is 466 g/mol. The predicted octanol–water partition coefficient (Wildman–Crippen LogP) is 5.29. The van der Waals surface area contributed by atoms with Gasteiger partial charge in [-0.3, -0.25) is 9.59 Å². The molecule has 5 heteroatoms. The van der Waals surface area contributed by atoms with Crippen LogP contribution in [-0.2, 0) is 14.3 Å². The zero-order valence-corrected chi connectivity index (χ0v) is 19.8. The highest BCUT2D eigenvalue weighted by Crippen LogP contribution is 2.61. The van der Waals surface area contributed by atoms with Crippen molar-refractivity contribution in [2.45, 2.75) is 32.1 Å². The molecule has 2 atom stereocenters. The molecular weight excluding hydrogens is 438 g/mol. The number of carbonyl (C=O) groups excluding carboxylic acids is 3. The van der Waals surface area contributed by atoms with E-state index in [1.54, 1.807) is 24.3 Å². The normalized spacial score (nSPS) is 23.8. The molecule has 3 aromatic rings. The van der Waals surface area contributed by atoms with Crippen molar-refractivity contribution in [2.75, 3.05) is 11.5 Å². The zero-order chi connectivity index (χ0) is 24.3. The van der Waals surface area contributed by atoms with Crippen LogP contribution in [0.3, 0.4) is 0 Å². The Labute approximate surface area is 204 Å². The second-order valence-electron chi connectivity index (χ2n) is 10.1. The summed E-state index contributed by atoms with van der Waals surface area (Å²) in [5.74, 6) is -1.36. The Morgan fingerprint density at radius 3 is 1.66 bits per heavy atom. The monoisotopic (exact) mass is 465 g/mol. The van der Waals surface area contributed by atoms with E-state index in [9.17, 15) is 14.4 Å². The third-order valence-corrected chi connectivity index (χ3v) is 7.74. The van der Waals surface area contributed by atoms with Crippen molar-refractivity contribution in [3.8, 4) is 0 Å². The predicted molar refractivity (Wildman–Crippen MR) is 132 cm³/mol. The molecule has 0 N–H and O–H groups in total. The summed E-state index contributed by atoms with van der Waals surface area (Å²) in [7, 11) is 0. The van der Waals surface area contributed by atoms with E-state index in [2.05, 4.69) is 38.1 Å². The van der Waals surface area contributed by atoms with Crippen molar-refractivity contribution in [1.82, 2.24) is 0 Å². The summed E-state index contributed by atoms with van der Waals surface area (Å²) in [5.41, 5.74) is 5.52. The minimum Gasteiger partial charge on any atom is -0.462 e. The van der Waals surface area contributed by atoms with Gasteiger partial charge in [-0.05, 0) is 58.9 Å². The van der Waals surface area contributed by atoms with Crippen molar-refractivity contribution in [2.24, 2.45) is 17.8 Å². The van der Waals surface area contributed by atoms with Gasteiger partial charge in [-0.1, -0.05) is 62.4 Å². The van der Waals surface area contributed by atoms with Gasteiger partial charge in [0.15, 0.2) is 0 Å². The zero-order valence-electron chi connectivity index (χ0n) is 19.8. The third kappa shape index (κ3) is 3.25. The van der Waals surface area contributed by atoms with Gasteiger partial charge in [-0.15, -0.1) is 0 Å². The van der Waals surface area contributed by atoms with Crippen LogP contribution in [0.15, 0.2) is 72.8 Å². The van der Waals surface area contributed by atoms with Gasteiger partial charge in [0.2, 0.25) is 11.8 Å². The van der Waals surface area contributed by atoms with Crippen molar-refractivity contribution < 1.29 is 19.1 Å². The van der Waals surface area contributed by atoms with Gasteiger partial charge < -0.3 is 4.74 Å². The summed E-state index contributed by atoms with van der Waals surface area (Å²) in [5, 5.41) is 0. The molecule has 7 rings (SSSR count). The molecule has 1 fully saturated rings. The van der Waals surface area contributed by atoms with Crippen LogP contribution in [0.4, 0.5) is 5.69 Å². The fourth-order valence-corrected chi connectivity index (χ4v) is 6.15. The van der Waals surface area contributed by atoms with Crippen LogP contribution in [0.25, 0.3) is 0 Å². The highest BCUT2D eigenvalue weighted by Gasteiger charge is 2.61. The molecule has 2 bridgehead atoms. The Morgan fingerprint density at radius 1 is 0.771 bits per heavy atom. The molecule has 35 heavy (non-hydrogen) atoms. The van der Waals surface area contributed by atoms with Crippen LogP contribution >= 0.6 is 0 Å². The Hall–Kier alpha value is -3.73. The van der Waals surface area contributed by atoms with Crippen LogP contribution in [-0.4, -0.2) is 24.4 Å². The number of imide groups is 1. The number of benzene rings is 3. The molecular formula is C30H27NO4. The topological polar surface area (TPSA) is 63.7 Å². The molecule has 0 aromatic heterocycles. The average Bonchev–Trinajstić information content (AvgIpc) is 3.14. The Balaban J connectivity index is 1.33. The number of esters is 1. The van der Waals surface area contributed by atoms with E-state index in [-0.39, 0.29) is 23.7 Å². The summed E-state index contributed by atoms with van der Waals surface area (Å²) in [6, 6.07) is 23.0. The second-order valence-corrected chi connectivity index (χ2v) is 10.1. The minimum absolute atomic E-state index is 0.131. The summed E-state index contributed by atoms with van der Waals surface area (Å²) in [6.07, 6.45) is 0.802. The molecule has 5 nitrogen and oxygen atoms in total. The van der Waals surface area contributed by atoms with Crippen LogP contribution in [0.2, 0.25) is 0 Å². The number of hydrogen-bond donors (Lipinski definition) is 0. The molecule has 3 aliphatic carbocycles. The fourth-order valence-electron chi connectivity index (χ4n) is 6.15. The van der Waals surface area contributed by atoms with Gasteiger partial charge in [0.1, 0.15) is 0 Å². The maximum absolute atomic E-state index is 13.8. The number of amides is 2. The van der Waals surface area contributed by atoms with E-state index in [1.165, 1.54) is 4.90 Å². The Morgan fingerprint density at radius 2 is 1.23 bits per heavy atom. The maximum Gasteiger partial charge on any atom is 0.338 e. The molecule has 3 aromatic carbocycles. The highest BCUT2D eigenvalue weighted by atomic mass is 16.5. The molecule has 1 aliphatic heterocycles. The lowest BCUT2D eigenvalue weighted by Gasteiger charge is -2.45. The number of carbonyl (C=O) groups is 3. The van der Waals surface area contributed by atoms with Gasteiger partial charge in [-0.2, -0.15) is 0 Å². The summed E-state index contributed by atoms with van der Waals surface area (Å²) < 4.78 is 5.35. The van der Waals surface area contributed by atoms with E-state index in [1.807, 2.05) is 24.3 Å². The third-order valence-electron chi connectivity index (χ3n) is 7.74. The fraction of sp³-hybridized carbons (Fsp3) is 0.300.